The Morgan fingerprint density at radius 1 is 1.00 bits per heavy atom. The molecule has 2 aromatic carbocycles. The molecule has 7 heteroatoms. The fraction of sp³-hybridized carbons (Fsp3) is 0.273. The van der Waals surface area contributed by atoms with Crippen molar-refractivity contribution in [3.63, 3.8) is 0 Å². The highest BCUT2D eigenvalue weighted by atomic mass is 32.2. The summed E-state index contributed by atoms with van der Waals surface area (Å²) in [7, 11) is -3.42. The lowest BCUT2D eigenvalue weighted by Crippen LogP contribution is -2.40. The second kappa shape index (κ2) is 8.39. The van der Waals surface area contributed by atoms with E-state index in [1.165, 1.54) is 12.1 Å². The van der Waals surface area contributed by atoms with Crippen LogP contribution in [0.3, 0.4) is 0 Å². The molecule has 1 unspecified atom stereocenters. The van der Waals surface area contributed by atoms with E-state index < -0.39 is 10.0 Å². The molecule has 0 saturated carbocycles. The monoisotopic (exact) mass is 411 g/mol. The van der Waals surface area contributed by atoms with E-state index in [2.05, 4.69) is 9.97 Å². The maximum absolute atomic E-state index is 13.3. The van der Waals surface area contributed by atoms with Crippen LogP contribution in [-0.2, 0) is 15.8 Å². The highest BCUT2D eigenvalue weighted by Gasteiger charge is 2.31. The van der Waals surface area contributed by atoms with E-state index in [4.69, 9.17) is 0 Å². The Kier molecular flexibility index (Phi) is 5.69. The number of benzene rings is 2. The summed E-state index contributed by atoms with van der Waals surface area (Å²) < 4.78 is 40.8. The maximum Gasteiger partial charge on any atom is 0.218 e. The molecule has 0 bridgehead atoms. The number of rotatable bonds is 5. The average molecular weight is 412 g/mol. The fourth-order valence-electron chi connectivity index (χ4n) is 3.77. The summed E-state index contributed by atoms with van der Waals surface area (Å²) in [5.74, 6) is -0.371. The van der Waals surface area contributed by atoms with Crippen LogP contribution in [0.2, 0.25) is 0 Å². The molecular formula is C22H22FN3O2S. The van der Waals surface area contributed by atoms with Gasteiger partial charge in [0.15, 0.2) is 0 Å². The van der Waals surface area contributed by atoms with Crippen molar-refractivity contribution < 1.29 is 12.8 Å². The molecule has 1 atom stereocenters. The zero-order valence-electron chi connectivity index (χ0n) is 15.9. The van der Waals surface area contributed by atoms with Crippen molar-refractivity contribution >= 4 is 10.0 Å². The van der Waals surface area contributed by atoms with Crippen LogP contribution in [0.5, 0.6) is 0 Å². The van der Waals surface area contributed by atoms with E-state index in [-0.39, 0.29) is 17.5 Å². The van der Waals surface area contributed by atoms with Gasteiger partial charge in [0, 0.05) is 37.0 Å². The van der Waals surface area contributed by atoms with Gasteiger partial charge in [-0.2, -0.15) is 0 Å². The number of hydrogen-bond donors (Lipinski definition) is 0. The molecule has 3 aromatic rings. The molecule has 1 aliphatic rings. The topological polar surface area (TPSA) is 63.2 Å². The molecule has 0 amide bonds. The summed E-state index contributed by atoms with van der Waals surface area (Å²) >= 11 is 0. The lowest BCUT2D eigenvalue weighted by atomic mass is 9.92. The lowest BCUT2D eigenvalue weighted by molar-refractivity contribution is 0.312. The van der Waals surface area contributed by atoms with Crippen molar-refractivity contribution in [1.82, 2.24) is 14.3 Å². The van der Waals surface area contributed by atoms with Crippen molar-refractivity contribution in [2.45, 2.75) is 24.5 Å². The molecule has 1 aromatic heterocycles. The van der Waals surface area contributed by atoms with Gasteiger partial charge in [0.25, 0.3) is 0 Å². The first-order valence-corrected chi connectivity index (χ1v) is 11.2. The molecule has 29 heavy (non-hydrogen) atoms. The first kappa shape index (κ1) is 19.7. The van der Waals surface area contributed by atoms with Gasteiger partial charge in [-0.15, -0.1) is 0 Å². The number of sulfonamides is 1. The molecule has 0 aliphatic carbocycles. The van der Waals surface area contributed by atoms with Crippen LogP contribution in [0.25, 0.3) is 11.3 Å². The van der Waals surface area contributed by atoms with E-state index in [1.807, 2.05) is 30.3 Å². The number of hydrogen-bond acceptors (Lipinski definition) is 4. The second-order valence-corrected chi connectivity index (χ2v) is 9.20. The minimum absolute atomic E-state index is 0.00809. The minimum Gasteiger partial charge on any atom is -0.257 e. The summed E-state index contributed by atoms with van der Waals surface area (Å²) in [5.41, 5.74) is 3.00. The Hall–Kier alpha value is -2.64. The summed E-state index contributed by atoms with van der Waals surface area (Å²) in [5, 5.41) is 0. The Bertz CT molecular complexity index is 1070. The summed E-state index contributed by atoms with van der Waals surface area (Å²) in [6.07, 6.45) is 4.83. The smallest absolute Gasteiger partial charge is 0.218 e. The molecule has 2 heterocycles. The van der Waals surface area contributed by atoms with E-state index in [1.54, 1.807) is 28.8 Å². The van der Waals surface area contributed by atoms with Crippen LogP contribution in [0.4, 0.5) is 4.39 Å². The largest absolute Gasteiger partial charge is 0.257 e. The van der Waals surface area contributed by atoms with Crippen molar-refractivity contribution in [3.05, 3.63) is 84.1 Å². The molecule has 1 fully saturated rings. The predicted molar refractivity (Wildman–Crippen MR) is 110 cm³/mol. The zero-order valence-corrected chi connectivity index (χ0v) is 16.7. The molecule has 5 nitrogen and oxygen atoms in total. The second-order valence-electron chi connectivity index (χ2n) is 7.24. The number of nitrogens with zero attached hydrogens (tertiary/aromatic N) is 3. The molecular weight excluding hydrogens is 389 g/mol. The van der Waals surface area contributed by atoms with Crippen LogP contribution in [0, 0.1) is 5.82 Å². The van der Waals surface area contributed by atoms with Gasteiger partial charge in [-0.25, -0.2) is 17.1 Å². The summed E-state index contributed by atoms with van der Waals surface area (Å²) in [6, 6.07) is 15.4. The molecule has 1 aliphatic heterocycles. The molecule has 4 rings (SSSR count). The summed E-state index contributed by atoms with van der Waals surface area (Å²) in [4.78, 5) is 8.98. The maximum atomic E-state index is 13.3. The first-order chi connectivity index (χ1) is 14.0. The van der Waals surface area contributed by atoms with Gasteiger partial charge >= 0.3 is 0 Å². The highest BCUT2D eigenvalue weighted by Crippen LogP contribution is 2.33. The van der Waals surface area contributed by atoms with Crippen molar-refractivity contribution in [2.24, 2.45) is 0 Å². The number of piperidine rings is 1. The highest BCUT2D eigenvalue weighted by molar-refractivity contribution is 7.88. The standard InChI is InChI=1S/C22H22FN3O2S/c23-20-10-8-18(9-11-20)21-22(25-13-12-24-21)19-7-4-14-26(15-19)29(27,28)16-17-5-2-1-3-6-17/h1-3,5-6,8-13,19H,4,7,14-16H2. The van der Waals surface area contributed by atoms with Gasteiger partial charge in [0.05, 0.1) is 17.1 Å². The van der Waals surface area contributed by atoms with Gasteiger partial charge in [-0.3, -0.25) is 9.97 Å². The Morgan fingerprint density at radius 2 is 1.72 bits per heavy atom. The van der Waals surface area contributed by atoms with Crippen molar-refractivity contribution in [1.29, 1.82) is 0 Å². The summed E-state index contributed by atoms with van der Waals surface area (Å²) in [6.45, 7) is 0.889. The van der Waals surface area contributed by atoms with E-state index in [0.717, 1.165) is 29.7 Å². The van der Waals surface area contributed by atoms with E-state index >= 15 is 0 Å². The lowest BCUT2D eigenvalue weighted by Gasteiger charge is -2.32. The van der Waals surface area contributed by atoms with Crippen LogP contribution < -0.4 is 0 Å². The third kappa shape index (κ3) is 4.52. The zero-order chi connectivity index (χ0) is 20.3. The Labute approximate surface area is 170 Å². The normalized spacial score (nSPS) is 17.9. The SMILES string of the molecule is O=S(=O)(Cc1ccccc1)N1CCCC(c2nccnc2-c2ccc(F)cc2)C1. The third-order valence-electron chi connectivity index (χ3n) is 5.20. The van der Waals surface area contributed by atoms with Crippen LogP contribution in [-0.4, -0.2) is 35.8 Å². The van der Waals surface area contributed by atoms with Gasteiger partial charge in [-0.1, -0.05) is 30.3 Å². The quantitative estimate of drug-likeness (QED) is 0.637. The van der Waals surface area contributed by atoms with Crippen molar-refractivity contribution in [3.8, 4) is 11.3 Å². The van der Waals surface area contributed by atoms with Gasteiger partial charge < -0.3 is 0 Å². The molecule has 1 saturated heterocycles. The van der Waals surface area contributed by atoms with Gasteiger partial charge in [-0.05, 0) is 42.7 Å². The number of aromatic nitrogens is 2. The average Bonchev–Trinajstić information content (AvgIpc) is 2.75. The first-order valence-electron chi connectivity index (χ1n) is 9.61. The van der Waals surface area contributed by atoms with Gasteiger partial charge in [0.1, 0.15) is 5.82 Å². The minimum atomic E-state index is -3.42. The Balaban J connectivity index is 1.58. The predicted octanol–water partition coefficient (Wildman–Crippen LogP) is 3.99. The van der Waals surface area contributed by atoms with Crippen LogP contribution in [0.15, 0.2) is 67.0 Å². The molecule has 0 spiro atoms. The molecule has 0 radical (unpaired) electrons. The van der Waals surface area contributed by atoms with Gasteiger partial charge in [0.2, 0.25) is 10.0 Å². The molecule has 150 valence electrons. The third-order valence-corrected chi connectivity index (χ3v) is 7.02. The van der Waals surface area contributed by atoms with E-state index in [9.17, 15) is 12.8 Å². The fourth-order valence-corrected chi connectivity index (χ4v) is 5.38. The Morgan fingerprint density at radius 3 is 2.48 bits per heavy atom. The van der Waals surface area contributed by atoms with Crippen molar-refractivity contribution in [2.75, 3.05) is 13.1 Å². The van der Waals surface area contributed by atoms with E-state index in [0.29, 0.717) is 18.8 Å². The van der Waals surface area contributed by atoms with Crippen LogP contribution in [0.1, 0.15) is 30.0 Å². The number of halogens is 1. The molecule has 0 N–H and O–H groups in total. The van der Waals surface area contributed by atoms with Crippen LogP contribution >= 0.6 is 0 Å².